The number of carboxylic acid groups (broad SMARTS) is 1. The highest BCUT2D eigenvalue weighted by molar-refractivity contribution is 6.25. The summed E-state index contributed by atoms with van der Waals surface area (Å²) in [4.78, 5) is 9.46. The Morgan fingerprint density at radius 2 is 2.33 bits per heavy atom. The van der Waals surface area contributed by atoms with Gasteiger partial charge < -0.3 is 16.6 Å². The van der Waals surface area contributed by atoms with Crippen molar-refractivity contribution in [3.63, 3.8) is 0 Å². The molecule has 5 heteroatoms. The Labute approximate surface area is 74.5 Å². The van der Waals surface area contributed by atoms with Gasteiger partial charge in [-0.2, -0.15) is 0 Å². The number of carbonyl (C=O) groups is 1. The summed E-state index contributed by atoms with van der Waals surface area (Å²) >= 11 is 5.72. The molecule has 0 aromatic heterocycles. The summed E-state index contributed by atoms with van der Waals surface area (Å²) in [5, 5.41) is 8.61. The highest BCUT2D eigenvalue weighted by Crippen LogP contribution is 2.25. The van der Waals surface area contributed by atoms with Gasteiger partial charge in [0.05, 0.1) is 5.57 Å². The zero-order chi connectivity index (χ0) is 9.35. The van der Waals surface area contributed by atoms with E-state index in [9.17, 15) is 4.79 Å². The maximum absolute atomic E-state index is 10.5. The van der Waals surface area contributed by atoms with Crippen LogP contribution in [0.5, 0.6) is 0 Å². The number of halogens is 1. The van der Waals surface area contributed by atoms with Crippen LogP contribution >= 0.6 is 11.6 Å². The van der Waals surface area contributed by atoms with E-state index in [1.807, 2.05) is 0 Å². The lowest BCUT2D eigenvalue weighted by molar-refractivity contribution is -0.132. The average molecular weight is 189 g/mol. The predicted molar refractivity (Wildman–Crippen MR) is 45.4 cm³/mol. The van der Waals surface area contributed by atoms with Crippen molar-refractivity contribution >= 4 is 17.6 Å². The van der Waals surface area contributed by atoms with Gasteiger partial charge in [0.1, 0.15) is 5.00 Å². The normalized spacial score (nSPS) is 29.2. The van der Waals surface area contributed by atoms with Crippen molar-refractivity contribution in [1.29, 1.82) is 0 Å². The second kappa shape index (κ2) is 2.80. The van der Waals surface area contributed by atoms with Crippen LogP contribution in [0.1, 0.15) is 6.42 Å². The monoisotopic (exact) mass is 188 g/mol. The molecule has 12 heavy (non-hydrogen) atoms. The van der Waals surface area contributed by atoms with Crippen LogP contribution in [0.3, 0.4) is 0 Å². The number of nitrogens with two attached hydrogens (primary N) is 2. The first kappa shape index (κ1) is 9.09. The molecule has 5 N–H and O–H groups in total. The van der Waals surface area contributed by atoms with E-state index in [0.29, 0.717) is 0 Å². The van der Waals surface area contributed by atoms with Crippen molar-refractivity contribution in [2.45, 2.75) is 11.4 Å². The summed E-state index contributed by atoms with van der Waals surface area (Å²) in [7, 11) is 0. The van der Waals surface area contributed by atoms with E-state index in [4.69, 9.17) is 28.2 Å². The van der Waals surface area contributed by atoms with Gasteiger partial charge in [-0.05, 0) is 12.2 Å². The fourth-order valence-corrected chi connectivity index (χ4v) is 1.19. The van der Waals surface area contributed by atoms with Gasteiger partial charge in [-0.1, -0.05) is 11.6 Å². The smallest absolute Gasteiger partial charge is 0.337 e. The molecule has 0 heterocycles. The van der Waals surface area contributed by atoms with Gasteiger partial charge in [0.25, 0.3) is 0 Å². The molecule has 4 nitrogen and oxygen atoms in total. The molecule has 0 spiro atoms. The molecule has 0 saturated heterocycles. The van der Waals surface area contributed by atoms with Crippen LogP contribution in [-0.4, -0.2) is 16.1 Å². The Kier molecular flexibility index (Phi) is 2.12. The van der Waals surface area contributed by atoms with Crippen LogP contribution < -0.4 is 11.5 Å². The standard InChI is InChI=1S/C7H9ClN2O2/c8-7(10)2-1-4(6(11)12)5(9)3-7/h1-2H,3,9-10H2,(H,11,12). The van der Waals surface area contributed by atoms with Crippen LogP contribution in [0.2, 0.25) is 0 Å². The largest absolute Gasteiger partial charge is 0.478 e. The summed E-state index contributed by atoms with van der Waals surface area (Å²) in [5.74, 6) is -1.06. The third kappa shape index (κ3) is 1.78. The van der Waals surface area contributed by atoms with E-state index in [2.05, 4.69) is 0 Å². The molecule has 0 aliphatic heterocycles. The second-order valence-electron chi connectivity index (χ2n) is 2.68. The summed E-state index contributed by atoms with van der Waals surface area (Å²) in [6.45, 7) is 0. The number of hydrogen-bond acceptors (Lipinski definition) is 3. The Morgan fingerprint density at radius 3 is 2.75 bits per heavy atom. The van der Waals surface area contributed by atoms with Crippen molar-refractivity contribution < 1.29 is 9.90 Å². The topological polar surface area (TPSA) is 89.3 Å². The molecule has 1 aliphatic rings. The summed E-state index contributed by atoms with van der Waals surface area (Å²) in [6, 6.07) is 0. The lowest BCUT2D eigenvalue weighted by atomic mass is 10.00. The first-order valence-corrected chi connectivity index (χ1v) is 3.69. The summed E-state index contributed by atoms with van der Waals surface area (Å²) < 4.78 is 0. The molecule has 1 atom stereocenters. The fraction of sp³-hybridized carbons (Fsp3) is 0.286. The molecule has 1 unspecified atom stereocenters. The van der Waals surface area contributed by atoms with E-state index in [1.54, 1.807) is 0 Å². The molecular formula is C7H9ClN2O2. The molecule has 1 aliphatic carbocycles. The molecule has 0 bridgehead atoms. The first-order valence-electron chi connectivity index (χ1n) is 3.31. The van der Waals surface area contributed by atoms with Crippen LogP contribution in [-0.2, 0) is 4.79 Å². The van der Waals surface area contributed by atoms with Gasteiger partial charge in [0, 0.05) is 12.1 Å². The van der Waals surface area contributed by atoms with Crippen molar-refractivity contribution in [2.24, 2.45) is 11.5 Å². The SMILES string of the molecule is NC1=C(C(=O)O)C=CC(N)(Cl)C1. The zero-order valence-corrected chi connectivity index (χ0v) is 7.01. The number of alkyl halides is 1. The minimum Gasteiger partial charge on any atom is -0.478 e. The van der Waals surface area contributed by atoms with Gasteiger partial charge in [0.2, 0.25) is 0 Å². The number of aliphatic carboxylic acids is 1. The van der Waals surface area contributed by atoms with Gasteiger partial charge >= 0.3 is 5.97 Å². The molecule has 0 aromatic rings. The van der Waals surface area contributed by atoms with Crippen LogP contribution in [0.15, 0.2) is 23.4 Å². The third-order valence-corrected chi connectivity index (χ3v) is 1.82. The molecule has 0 amide bonds. The maximum Gasteiger partial charge on any atom is 0.337 e. The average Bonchev–Trinajstić information content (AvgIpc) is 1.83. The molecule has 0 aromatic carbocycles. The molecular weight excluding hydrogens is 180 g/mol. The van der Waals surface area contributed by atoms with Gasteiger partial charge in [-0.25, -0.2) is 4.79 Å². The fourth-order valence-electron chi connectivity index (χ4n) is 0.984. The Balaban J connectivity index is 2.95. The van der Waals surface area contributed by atoms with Crippen LogP contribution in [0, 0.1) is 0 Å². The Hall–Kier alpha value is -1.00. The quantitative estimate of drug-likeness (QED) is 0.403. The first-order chi connectivity index (χ1) is 5.42. The third-order valence-electron chi connectivity index (χ3n) is 1.56. The molecule has 0 radical (unpaired) electrons. The summed E-state index contributed by atoms with van der Waals surface area (Å²) in [5.41, 5.74) is 11.2. The number of carboxylic acids is 1. The number of rotatable bonds is 1. The minimum absolute atomic E-state index is 0.0664. The van der Waals surface area contributed by atoms with E-state index < -0.39 is 11.0 Å². The van der Waals surface area contributed by atoms with Gasteiger partial charge in [0.15, 0.2) is 0 Å². The van der Waals surface area contributed by atoms with Crippen LogP contribution in [0.25, 0.3) is 0 Å². The van der Waals surface area contributed by atoms with Crippen molar-refractivity contribution in [3.8, 4) is 0 Å². The minimum atomic E-state index is -1.06. The maximum atomic E-state index is 10.5. The Bertz CT molecular complexity index is 281. The lowest BCUT2D eigenvalue weighted by Crippen LogP contribution is -2.35. The van der Waals surface area contributed by atoms with E-state index >= 15 is 0 Å². The summed E-state index contributed by atoms with van der Waals surface area (Å²) in [6.07, 6.45) is 2.91. The lowest BCUT2D eigenvalue weighted by Gasteiger charge is -2.22. The highest BCUT2D eigenvalue weighted by atomic mass is 35.5. The van der Waals surface area contributed by atoms with Gasteiger partial charge in [-0.15, -0.1) is 0 Å². The van der Waals surface area contributed by atoms with E-state index in [0.717, 1.165) is 0 Å². The van der Waals surface area contributed by atoms with Crippen molar-refractivity contribution in [3.05, 3.63) is 23.4 Å². The molecule has 1 rings (SSSR count). The van der Waals surface area contributed by atoms with E-state index in [-0.39, 0.29) is 17.7 Å². The highest BCUT2D eigenvalue weighted by Gasteiger charge is 2.25. The Morgan fingerprint density at radius 1 is 1.75 bits per heavy atom. The zero-order valence-electron chi connectivity index (χ0n) is 6.25. The molecule has 0 saturated carbocycles. The van der Waals surface area contributed by atoms with Crippen molar-refractivity contribution in [2.75, 3.05) is 0 Å². The number of hydrogen-bond donors (Lipinski definition) is 3. The van der Waals surface area contributed by atoms with Gasteiger partial charge in [-0.3, -0.25) is 0 Å². The molecule has 0 fully saturated rings. The van der Waals surface area contributed by atoms with E-state index in [1.165, 1.54) is 12.2 Å². The second-order valence-corrected chi connectivity index (χ2v) is 3.38. The van der Waals surface area contributed by atoms with Crippen LogP contribution in [0.4, 0.5) is 0 Å². The molecule has 66 valence electrons. The van der Waals surface area contributed by atoms with Crippen molar-refractivity contribution in [1.82, 2.24) is 0 Å². The predicted octanol–water partition coefficient (Wildman–Crippen LogP) is 0.138.